The number of rotatable bonds is 5. The zero-order chi connectivity index (χ0) is 11.4. The van der Waals surface area contributed by atoms with Gasteiger partial charge < -0.3 is 5.32 Å². The first-order valence-electron chi connectivity index (χ1n) is 5.58. The Balaban J connectivity index is 4.13. The van der Waals surface area contributed by atoms with Gasteiger partial charge in [0.15, 0.2) is 0 Å². The molecular weight excluding hydrogens is 174 g/mol. The van der Waals surface area contributed by atoms with Crippen molar-refractivity contribution in [2.24, 2.45) is 17.3 Å². The lowest BCUT2D eigenvalue weighted by Gasteiger charge is -2.34. The second-order valence-corrected chi connectivity index (χ2v) is 5.15. The number of carbonyl (C=O) groups is 1. The van der Waals surface area contributed by atoms with Crippen LogP contribution in [0.2, 0.25) is 0 Å². The van der Waals surface area contributed by atoms with Crippen molar-refractivity contribution in [3.05, 3.63) is 0 Å². The average Bonchev–Trinajstić information content (AvgIpc) is 2.12. The molecular formula is C12H25NO. The van der Waals surface area contributed by atoms with E-state index in [1.54, 1.807) is 0 Å². The molecule has 0 aromatic heterocycles. The average molecular weight is 199 g/mol. The molecule has 14 heavy (non-hydrogen) atoms. The van der Waals surface area contributed by atoms with Crippen molar-refractivity contribution >= 4 is 5.91 Å². The van der Waals surface area contributed by atoms with Crippen LogP contribution in [0, 0.1) is 17.3 Å². The Labute approximate surface area is 88.5 Å². The molecule has 0 aliphatic rings. The number of amides is 1. The van der Waals surface area contributed by atoms with E-state index in [0.717, 1.165) is 6.54 Å². The van der Waals surface area contributed by atoms with Gasteiger partial charge in [-0.3, -0.25) is 4.79 Å². The molecule has 0 fully saturated rings. The summed E-state index contributed by atoms with van der Waals surface area (Å²) in [4.78, 5) is 11.1. The van der Waals surface area contributed by atoms with E-state index in [9.17, 15) is 4.79 Å². The summed E-state index contributed by atoms with van der Waals surface area (Å²) < 4.78 is 0. The van der Waals surface area contributed by atoms with Crippen LogP contribution >= 0.6 is 0 Å². The van der Waals surface area contributed by atoms with Crippen LogP contribution in [-0.4, -0.2) is 12.5 Å². The SMILES string of the molecule is CCC(=O)NCC(C)(C)C(C)C(C)C. The van der Waals surface area contributed by atoms with E-state index >= 15 is 0 Å². The maximum absolute atomic E-state index is 11.1. The van der Waals surface area contributed by atoms with Gasteiger partial charge in [-0.05, 0) is 17.3 Å². The number of carbonyl (C=O) groups excluding carboxylic acids is 1. The summed E-state index contributed by atoms with van der Waals surface area (Å²) in [6.45, 7) is 13.8. The molecule has 2 nitrogen and oxygen atoms in total. The van der Waals surface area contributed by atoms with Crippen molar-refractivity contribution in [3.8, 4) is 0 Å². The van der Waals surface area contributed by atoms with Gasteiger partial charge in [0.2, 0.25) is 5.91 Å². The molecule has 0 saturated carbocycles. The highest BCUT2D eigenvalue weighted by Gasteiger charge is 2.28. The second-order valence-electron chi connectivity index (χ2n) is 5.15. The summed E-state index contributed by atoms with van der Waals surface area (Å²) in [5.74, 6) is 1.41. The smallest absolute Gasteiger partial charge is 0.219 e. The molecule has 84 valence electrons. The fourth-order valence-corrected chi connectivity index (χ4v) is 1.51. The second kappa shape index (κ2) is 5.38. The number of hydrogen-bond donors (Lipinski definition) is 1. The maximum atomic E-state index is 11.1. The van der Waals surface area contributed by atoms with Crippen LogP contribution in [0.15, 0.2) is 0 Å². The van der Waals surface area contributed by atoms with Crippen molar-refractivity contribution in [2.75, 3.05) is 6.54 Å². The molecule has 0 rings (SSSR count). The Bertz CT molecular complexity index is 185. The van der Waals surface area contributed by atoms with E-state index in [1.165, 1.54) is 0 Å². The lowest BCUT2D eigenvalue weighted by molar-refractivity contribution is -0.121. The predicted molar refractivity (Wildman–Crippen MR) is 61.1 cm³/mol. The van der Waals surface area contributed by atoms with Crippen LogP contribution in [0.3, 0.4) is 0 Å². The largest absolute Gasteiger partial charge is 0.356 e. The summed E-state index contributed by atoms with van der Waals surface area (Å²) in [5.41, 5.74) is 0.180. The molecule has 2 heteroatoms. The molecule has 0 aliphatic heterocycles. The van der Waals surface area contributed by atoms with E-state index in [-0.39, 0.29) is 11.3 Å². The Morgan fingerprint density at radius 2 is 1.79 bits per heavy atom. The first-order valence-corrected chi connectivity index (χ1v) is 5.58. The Kier molecular flexibility index (Phi) is 5.17. The van der Waals surface area contributed by atoms with Gasteiger partial charge >= 0.3 is 0 Å². The summed E-state index contributed by atoms with van der Waals surface area (Å²) in [6, 6.07) is 0. The van der Waals surface area contributed by atoms with Crippen molar-refractivity contribution in [1.29, 1.82) is 0 Å². The van der Waals surface area contributed by atoms with Crippen molar-refractivity contribution in [1.82, 2.24) is 5.32 Å². The van der Waals surface area contributed by atoms with Crippen molar-refractivity contribution in [2.45, 2.75) is 48.0 Å². The third-order valence-corrected chi connectivity index (χ3v) is 3.29. The predicted octanol–water partition coefficient (Wildman–Crippen LogP) is 2.83. The van der Waals surface area contributed by atoms with Crippen molar-refractivity contribution < 1.29 is 4.79 Å². The molecule has 0 aromatic carbocycles. The number of hydrogen-bond acceptors (Lipinski definition) is 1. The zero-order valence-corrected chi connectivity index (χ0v) is 10.5. The maximum Gasteiger partial charge on any atom is 0.219 e. The topological polar surface area (TPSA) is 29.1 Å². The van der Waals surface area contributed by atoms with Gasteiger partial charge in [-0.25, -0.2) is 0 Å². The molecule has 1 amide bonds. The van der Waals surface area contributed by atoms with Crippen LogP contribution < -0.4 is 5.32 Å². The number of nitrogens with one attached hydrogen (secondary N) is 1. The third-order valence-electron chi connectivity index (χ3n) is 3.29. The molecule has 1 atom stereocenters. The molecule has 0 aromatic rings. The minimum atomic E-state index is 0.147. The van der Waals surface area contributed by atoms with Crippen LogP contribution in [0.4, 0.5) is 0 Å². The molecule has 0 radical (unpaired) electrons. The highest BCUT2D eigenvalue weighted by molar-refractivity contribution is 5.75. The molecule has 1 N–H and O–H groups in total. The monoisotopic (exact) mass is 199 g/mol. The minimum absolute atomic E-state index is 0.147. The van der Waals surface area contributed by atoms with Crippen LogP contribution in [0.25, 0.3) is 0 Å². The molecule has 0 saturated heterocycles. The minimum Gasteiger partial charge on any atom is -0.356 e. The molecule has 0 aliphatic carbocycles. The fourth-order valence-electron chi connectivity index (χ4n) is 1.51. The third kappa shape index (κ3) is 4.12. The van der Waals surface area contributed by atoms with Crippen LogP contribution in [0.1, 0.15) is 48.0 Å². The van der Waals surface area contributed by atoms with E-state index in [1.807, 2.05) is 6.92 Å². The van der Waals surface area contributed by atoms with Gasteiger partial charge in [-0.15, -0.1) is 0 Å². The lowest BCUT2D eigenvalue weighted by Crippen LogP contribution is -2.39. The van der Waals surface area contributed by atoms with Gasteiger partial charge in [-0.1, -0.05) is 41.5 Å². The Hall–Kier alpha value is -0.530. The Morgan fingerprint density at radius 1 is 1.29 bits per heavy atom. The van der Waals surface area contributed by atoms with Crippen LogP contribution in [0.5, 0.6) is 0 Å². The Morgan fingerprint density at radius 3 is 2.14 bits per heavy atom. The molecule has 0 bridgehead atoms. The van der Waals surface area contributed by atoms with Gasteiger partial charge in [0.05, 0.1) is 0 Å². The van der Waals surface area contributed by atoms with Gasteiger partial charge in [0.1, 0.15) is 0 Å². The van der Waals surface area contributed by atoms with Crippen LogP contribution in [-0.2, 0) is 4.79 Å². The van der Waals surface area contributed by atoms with E-state index < -0.39 is 0 Å². The zero-order valence-electron chi connectivity index (χ0n) is 10.5. The highest BCUT2D eigenvalue weighted by Crippen LogP contribution is 2.31. The summed E-state index contributed by atoms with van der Waals surface area (Å²) in [5, 5.41) is 2.97. The quantitative estimate of drug-likeness (QED) is 0.725. The molecule has 0 heterocycles. The van der Waals surface area contributed by atoms with E-state index in [2.05, 4.69) is 39.9 Å². The first-order chi connectivity index (χ1) is 6.31. The van der Waals surface area contributed by atoms with E-state index in [4.69, 9.17) is 0 Å². The highest BCUT2D eigenvalue weighted by atomic mass is 16.1. The summed E-state index contributed by atoms with van der Waals surface area (Å²) >= 11 is 0. The lowest BCUT2D eigenvalue weighted by atomic mass is 9.74. The van der Waals surface area contributed by atoms with Gasteiger partial charge in [0, 0.05) is 13.0 Å². The normalized spacial score (nSPS) is 14.2. The summed E-state index contributed by atoms with van der Waals surface area (Å²) in [7, 11) is 0. The van der Waals surface area contributed by atoms with E-state index in [0.29, 0.717) is 18.3 Å². The van der Waals surface area contributed by atoms with Gasteiger partial charge in [-0.2, -0.15) is 0 Å². The summed E-state index contributed by atoms with van der Waals surface area (Å²) in [6.07, 6.45) is 0.576. The molecule has 0 spiro atoms. The standard InChI is InChI=1S/C12H25NO/c1-7-11(14)13-8-12(5,6)10(4)9(2)3/h9-10H,7-8H2,1-6H3,(H,13,14). The van der Waals surface area contributed by atoms with Gasteiger partial charge in [0.25, 0.3) is 0 Å². The van der Waals surface area contributed by atoms with Crippen molar-refractivity contribution in [3.63, 3.8) is 0 Å². The first kappa shape index (κ1) is 13.5. The molecule has 1 unspecified atom stereocenters. The fraction of sp³-hybridized carbons (Fsp3) is 0.917.